The molecule has 1 atom stereocenters. The molecule has 0 aromatic rings. The number of carbonyl (C=O) groups excluding carboxylic acids is 1. The van der Waals surface area contributed by atoms with Crippen molar-refractivity contribution < 1.29 is 121 Å². The molecule has 0 heterocycles. The minimum atomic E-state index is -5.17. The predicted molar refractivity (Wildman–Crippen MR) is 27.2 cm³/mol. The second-order valence-electron chi connectivity index (χ2n) is 1.40. The summed E-state index contributed by atoms with van der Waals surface area (Å²) in [5.74, 6) is -1.44. The van der Waals surface area contributed by atoms with Crippen molar-refractivity contribution in [3.63, 3.8) is 0 Å². The van der Waals surface area contributed by atoms with E-state index in [1.54, 1.807) is 0 Å². The van der Waals surface area contributed by atoms with Crippen molar-refractivity contribution in [2.24, 2.45) is 0 Å². The van der Waals surface area contributed by atoms with Gasteiger partial charge in [0.2, 0.25) is 0 Å². The first-order valence-electron chi connectivity index (χ1n) is 2.20. The van der Waals surface area contributed by atoms with Crippen LogP contribution in [0.25, 0.3) is 0 Å². The van der Waals surface area contributed by atoms with Gasteiger partial charge in [-0.3, -0.25) is 8.42 Å². The largest absolute Gasteiger partial charge is 1.00 e. The molecular formula is C3H5Na3O7S. The molecule has 0 aromatic carbocycles. The Labute approximate surface area is 148 Å². The summed E-state index contributed by atoms with van der Waals surface area (Å²) in [5, 5.41) is 17.3. The Bertz CT molecular complexity index is 204. The van der Waals surface area contributed by atoms with Crippen LogP contribution in [0.4, 0.5) is 0 Å². The maximum absolute atomic E-state index is 9.34. The molecule has 0 rings (SSSR count). The van der Waals surface area contributed by atoms with Crippen molar-refractivity contribution in [2.75, 3.05) is 0 Å². The normalized spacial score (nSPS) is 10.0. The van der Waals surface area contributed by atoms with Gasteiger partial charge in [-0.2, -0.15) is 0 Å². The second kappa shape index (κ2) is 15.3. The number of aliphatic hydroxyl groups is 1. The molecule has 0 bridgehead atoms. The molecule has 68 valence electrons. The zero-order valence-electron chi connectivity index (χ0n) is 8.38. The van der Waals surface area contributed by atoms with E-state index in [4.69, 9.17) is 22.6 Å². The molecule has 1 unspecified atom stereocenters. The minimum Gasteiger partial charge on any atom is -0.759 e. The van der Waals surface area contributed by atoms with Crippen molar-refractivity contribution in [2.45, 2.75) is 13.0 Å². The summed E-state index contributed by atoms with van der Waals surface area (Å²) in [5.41, 5.74) is 0. The Morgan fingerprint density at radius 1 is 1.21 bits per heavy atom. The molecule has 14 heavy (non-hydrogen) atoms. The van der Waals surface area contributed by atoms with Crippen LogP contribution in [0.1, 0.15) is 6.92 Å². The first-order valence-corrected chi connectivity index (χ1v) is 3.53. The summed E-state index contributed by atoms with van der Waals surface area (Å²) < 4.78 is 34.1. The van der Waals surface area contributed by atoms with E-state index < -0.39 is 22.5 Å². The third kappa shape index (κ3) is 63.7. The summed E-state index contributed by atoms with van der Waals surface area (Å²) in [6, 6.07) is 0. The van der Waals surface area contributed by atoms with Gasteiger partial charge in [0.1, 0.15) is 0 Å². The summed E-state index contributed by atoms with van der Waals surface area (Å²) in [6.07, 6.45) is -1.34. The fourth-order valence-electron chi connectivity index (χ4n) is 0. The second-order valence-corrected chi connectivity index (χ2v) is 2.22. The fourth-order valence-corrected chi connectivity index (χ4v) is 0. The van der Waals surface area contributed by atoms with Crippen LogP contribution in [0.3, 0.4) is 0 Å². The molecule has 0 saturated heterocycles. The number of hydrogen-bond donors (Lipinski definition) is 1. The molecule has 0 fully saturated rings. The van der Waals surface area contributed by atoms with Crippen LogP contribution in [0.5, 0.6) is 0 Å². The number of aliphatic hydroxyl groups excluding tert-OH is 1. The molecule has 0 aromatic heterocycles. The quantitative estimate of drug-likeness (QED) is 0.278. The van der Waals surface area contributed by atoms with E-state index >= 15 is 0 Å². The monoisotopic (exact) mass is 254 g/mol. The topological polar surface area (TPSA) is 141 Å². The molecule has 0 spiro atoms. The van der Waals surface area contributed by atoms with Crippen LogP contribution >= 0.6 is 0 Å². The van der Waals surface area contributed by atoms with Gasteiger partial charge >= 0.3 is 88.7 Å². The van der Waals surface area contributed by atoms with Crippen LogP contribution in [0.15, 0.2) is 0 Å². The van der Waals surface area contributed by atoms with Gasteiger partial charge in [0.15, 0.2) is 0 Å². The fraction of sp³-hybridized carbons (Fsp3) is 0.667. The van der Waals surface area contributed by atoms with Gasteiger partial charge in [-0.1, -0.05) is 0 Å². The van der Waals surface area contributed by atoms with Crippen LogP contribution in [0, 0.1) is 0 Å². The van der Waals surface area contributed by atoms with Crippen LogP contribution in [0.2, 0.25) is 0 Å². The van der Waals surface area contributed by atoms with E-state index in [1.165, 1.54) is 0 Å². The summed E-state index contributed by atoms with van der Waals surface area (Å²) >= 11 is 0. The van der Waals surface area contributed by atoms with E-state index in [0.717, 1.165) is 6.92 Å². The molecule has 0 aliphatic rings. The Morgan fingerprint density at radius 2 is 1.29 bits per heavy atom. The van der Waals surface area contributed by atoms with E-state index in [1.807, 2.05) is 0 Å². The molecule has 0 saturated carbocycles. The zero-order chi connectivity index (χ0) is 9.65. The summed E-state index contributed by atoms with van der Waals surface area (Å²) in [4.78, 5) is 9.34. The van der Waals surface area contributed by atoms with E-state index in [2.05, 4.69) is 0 Å². The number of aliphatic carboxylic acids is 1. The van der Waals surface area contributed by atoms with E-state index in [9.17, 15) is 9.90 Å². The zero-order valence-corrected chi connectivity index (χ0v) is 15.2. The van der Waals surface area contributed by atoms with Crippen LogP contribution < -0.4 is 93.8 Å². The number of carbonyl (C=O) groups is 1. The smallest absolute Gasteiger partial charge is 0.759 e. The maximum Gasteiger partial charge on any atom is 1.00 e. The number of carboxylic acids is 1. The third-order valence-corrected chi connectivity index (χ3v) is 0.341. The van der Waals surface area contributed by atoms with Crippen molar-refractivity contribution in [1.82, 2.24) is 0 Å². The molecule has 11 heteroatoms. The Balaban J connectivity index is -0.0000000321. The van der Waals surface area contributed by atoms with Crippen molar-refractivity contribution in [3.05, 3.63) is 0 Å². The first kappa shape index (κ1) is 29.9. The van der Waals surface area contributed by atoms with Crippen LogP contribution in [-0.4, -0.2) is 34.7 Å². The molecule has 0 aliphatic heterocycles. The van der Waals surface area contributed by atoms with Crippen molar-refractivity contribution in [3.8, 4) is 0 Å². The SMILES string of the molecule is CC(O)C(=O)[O-].O=S(=O)([O-])[O-].[Na+].[Na+].[Na+]. The van der Waals surface area contributed by atoms with Crippen LogP contribution in [-0.2, 0) is 15.2 Å². The first-order chi connectivity index (χ1) is 4.64. The number of hydrogen-bond acceptors (Lipinski definition) is 7. The Kier molecular flexibility index (Phi) is 32.7. The molecule has 0 aliphatic carbocycles. The molecular weight excluding hydrogens is 249 g/mol. The number of rotatable bonds is 1. The minimum absolute atomic E-state index is 0. The van der Waals surface area contributed by atoms with Crippen molar-refractivity contribution in [1.29, 1.82) is 0 Å². The van der Waals surface area contributed by atoms with Gasteiger partial charge in [0, 0.05) is 10.4 Å². The van der Waals surface area contributed by atoms with Gasteiger partial charge in [-0.25, -0.2) is 0 Å². The molecule has 0 radical (unpaired) electrons. The Hall–Kier alpha value is 2.30. The van der Waals surface area contributed by atoms with Gasteiger partial charge in [-0.15, -0.1) is 0 Å². The predicted octanol–water partition coefficient (Wildman–Crippen LogP) is -12.2. The van der Waals surface area contributed by atoms with E-state index in [0.29, 0.717) is 0 Å². The standard InChI is InChI=1S/C3H6O3.3Na.H2O4S/c1-2(4)3(5)6;;;;1-5(2,3)4/h2,4H,1H3,(H,5,6);;;;(H2,1,2,3,4)/q;3*+1;/p-3. The number of carboxylic acid groups (broad SMARTS) is 1. The van der Waals surface area contributed by atoms with E-state index in [-0.39, 0.29) is 88.7 Å². The summed E-state index contributed by atoms with van der Waals surface area (Å²) in [6.45, 7) is 1.13. The van der Waals surface area contributed by atoms with Gasteiger partial charge in [0.05, 0.1) is 12.1 Å². The van der Waals surface area contributed by atoms with Gasteiger partial charge in [-0.05, 0) is 6.92 Å². The average molecular weight is 254 g/mol. The Morgan fingerprint density at radius 3 is 1.29 bits per heavy atom. The summed E-state index contributed by atoms with van der Waals surface area (Å²) in [7, 11) is -5.17. The molecule has 0 amide bonds. The third-order valence-electron chi connectivity index (χ3n) is 0.341. The van der Waals surface area contributed by atoms with Gasteiger partial charge < -0.3 is 24.1 Å². The maximum atomic E-state index is 9.34. The van der Waals surface area contributed by atoms with Crippen molar-refractivity contribution >= 4 is 16.4 Å². The average Bonchev–Trinajstić information content (AvgIpc) is 1.59. The van der Waals surface area contributed by atoms with Gasteiger partial charge in [0.25, 0.3) is 0 Å². The molecule has 1 N–H and O–H groups in total. The molecule has 7 nitrogen and oxygen atoms in total.